The van der Waals surface area contributed by atoms with E-state index in [0.29, 0.717) is 6.04 Å². The molecule has 2 aromatic rings. The molecule has 3 heteroatoms. The maximum absolute atomic E-state index is 4.59. The number of aromatic nitrogens is 2. The summed E-state index contributed by atoms with van der Waals surface area (Å²) in [5.41, 5.74) is 2.94. The Morgan fingerprint density at radius 3 is 2.71 bits per heavy atom. The van der Waals surface area contributed by atoms with Gasteiger partial charge in [-0.2, -0.15) is 0 Å². The van der Waals surface area contributed by atoms with Crippen LogP contribution in [-0.2, 0) is 6.54 Å². The van der Waals surface area contributed by atoms with Gasteiger partial charge in [0.05, 0.1) is 22.9 Å². The molecule has 17 heavy (non-hydrogen) atoms. The first-order valence-electron chi connectivity index (χ1n) is 6.01. The zero-order chi connectivity index (χ0) is 11.5. The van der Waals surface area contributed by atoms with E-state index < -0.39 is 0 Å². The lowest BCUT2D eigenvalue weighted by molar-refractivity contribution is 0.533. The predicted octanol–water partition coefficient (Wildman–Crippen LogP) is 2.44. The van der Waals surface area contributed by atoms with E-state index in [1.165, 1.54) is 0 Å². The largest absolute Gasteiger partial charge is 0.308 e. The van der Waals surface area contributed by atoms with E-state index in [0.717, 1.165) is 36.1 Å². The third kappa shape index (κ3) is 2.34. The van der Waals surface area contributed by atoms with Crippen molar-refractivity contribution >= 4 is 11.0 Å². The van der Waals surface area contributed by atoms with Crippen LogP contribution in [0.25, 0.3) is 11.0 Å². The normalized spacial score (nSPS) is 15.8. The van der Waals surface area contributed by atoms with Crippen molar-refractivity contribution in [2.45, 2.75) is 25.4 Å². The highest BCUT2D eigenvalue weighted by atomic mass is 14.9. The molecule has 3 rings (SSSR count). The molecule has 1 aliphatic rings. The van der Waals surface area contributed by atoms with Gasteiger partial charge in [0.15, 0.2) is 0 Å². The summed E-state index contributed by atoms with van der Waals surface area (Å²) in [4.78, 5) is 9.00. The second kappa shape index (κ2) is 4.63. The molecular weight excluding hydrogens is 210 g/mol. The van der Waals surface area contributed by atoms with Gasteiger partial charge < -0.3 is 5.32 Å². The lowest BCUT2D eigenvalue weighted by atomic mass is 10.2. The second-order valence-corrected chi connectivity index (χ2v) is 4.37. The minimum absolute atomic E-state index is 0.572. The Bertz CT molecular complexity index is 540. The van der Waals surface area contributed by atoms with Gasteiger partial charge >= 0.3 is 0 Å². The molecule has 0 unspecified atom stereocenters. The molecule has 0 saturated carbocycles. The lowest BCUT2D eigenvalue weighted by Gasteiger charge is -2.11. The number of nitrogens with zero attached hydrogens (tertiary/aromatic N) is 2. The number of rotatable bonds is 3. The van der Waals surface area contributed by atoms with Crippen LogP contribution in [-0.4, -0.2) is 16.0 Å². The summed E-state index contributed by atoms with van der Waals surface area (Å²) >= 11 is 0. The monoisotopic (exact) mass is 225 g/mol. The molecule has 1 N–H and O–H groups in total. The molecule has 86 valence electrons. The van der Waals surface area contributed by atoms with Crippen molar-refractivity contribution in [1.82, 2.24) is 15.3 Å². The number of nitrogens with one attached hydrogen (secondary N) is 1. The van der Waals surface area contributed by atoms with Crippen LogP contribution >= 0.6 is 0 Å². The van der Waals surface area contributed by atoms with Crippen LogP contribution in [0.2, 0.25) is 0 Å². The van der Waals surface area contributed by atoms with Crippen molar-refractivity contribution < 1.29 is 0 Å². The fraction of sp³-hybridized carbons (Fsp3) is 0.286. The van der Waals surface area contributed by atoms with Gasteiger partial charge in [0.1, 0.15) is 0 Å². The van der Waals surface area contributed by atoms with Gasteiger partial charge in [0.2, 0.25) is 0 Å². The molecule has 0 bridgehead atoms. The minimum atomic E-state index is 0.572. The number of para-hydroxylation sites is 2. The maximum Gasteiger partial charge on any atom is 0.0890 e. The third-order valence-corrected chi connectivity index (χ3v) is 3.08. The molecule has 0 spiro atoms. The van der Waals surface area contributed by atoms with E-state index in [1.807, 2.05) is 30.5 Å². The SMILES string of the molecule is C1=CCC(NCc2cnc3ccccc3n2)C1. The van der Waals surface area contributed by atoms with Crippen LogP contribution in [0, 0.1) is 0 Å². The van der Waals surface area contributed by atoms with Gasteiger partial charge in [-0.25, -0.2) is 4.98 Å². The van der Waals surface area contributed by atoms with E-state index in [2.05, 4.69) is 27.4 Å². The number of fused-ring (bicyclic) bond motifs is 1. The number of hydrogen-bond acceptors (Lipinski definition) is 3. The summed E-state index contributed by atoms with van der Waals surface area (Å²) in [6, 6.07) is 8.54. The van der Waals surface area contributed by atoms with Crippen molar-refractivity contribution in [2.75, 3.05) is 0 Å². The number of benzene rings is 1. The number of hydrogen-bond donors (Lipinski definition) is 1. The highest BCUT2D eigenvalue weighted by Crippen LogP contribution is 2.11. The van der Waals surface area contributed by atoms with Crippen molar-refractivity contribution in [3.05, 3.63) is 48.3 Å². The topological polar surface area (TPSA) is 37.8 Å². The Kier molecular flexibility index (Phi) is 2.84. The first kappa shape index (κ1) is 10.4. The van der Waals surface area contributed by atoms with E-state index in [1.54, 1.807) is 0 Å². The Morgan fingerprint density at radius 1 is 1.12 bits per heavy atom. The molecule has 1 aliphatic carbocycles. The smallest absolute Gasteiger partial charge is 0.0890 e. The molecule has 0 saturated heterocycles. The average Bonchev–Trinajstić information content (AvgIpc) is 2.89. The van der Waals surface area contributed by atoms with Crippen molar-refractivity contribution in [1.29, 1.82) is 0 Å². The summed E-state index contributed by atoms with van der Waals surface area (Å²) in [6.07, 6.45) is 8.56. The molecule has 0 fully saturated rings. The Morgan fingerprint density at radius 2 is 1.88 bits per heavy atom. The molecule has 1 aromatic carbocycles. The van der Waals surface area contributed by atoms with E-state index in [9.17, 15) is 0 Å². The van der Waals surface area contributed by atoms with Gasteiger partial charge in [0.25, 0.3) is 0 Å². The average molecular weight is 225 g/mol. The third-order valence-electron chi connectivity index (χ3n) is 3.08. The minimum Gasteiger partial charge on any atom is -0.308 e. The highest BCUT2D eigenvalue weighted by molar-refractivity contribution is 5.73. The molecule has 3 nitrogen and oxygen atoms in total. The zero-order valence-electron chi connectivity index (χ0n) is 9.63. The summed E-state index contributed by atoms with van der Waals surface area (Å²) in [6.45, 7) is 0.796. The Balaban J connectivity index is 1.72. The van der Waals surface area contributed by atoms with Crippen molar-refractivity contribution in [2.24, 2.45) is 0 Å². The van der Waals surface area contributed by atoms with Crippen LogP contribution in [0.5, 0.6) is 0 Å². The lowest BCUT2D eigenvalue weighted by Crippen LogP contribution is -2.26. The molecule has 1 heterocycles. The first-order valence-corrected chi connectivity index (χ1v) is 6.01. The zero-order valence-corrected chi connectivity index (χ0v) is 9.63. The first-order chi connectivity index (χ1) is 8.42. The fourth-order valence-corrected chi connectivity index (χ4v) is 2.11. The molecular formula is C14H15N3. The van der Waals surface area contributed by atoms with Gasteiger partial charge in [0, 0.05) is 12.6 Å². The Labute approximate surface area is 101 Å². The van der Waals surface area contributed by atoms with Crippen molar-refractivity contribution in [3.8, 4) is 0 Å². The molecule has 0 aliphatic heterocycles. The van der Waals surface area contributed by atoms with Crippen LogP contribution in [0.1, 0.15) is 18.5 Å². The van der Waals surface area contributed by atoms with Crippen molar-refractivity contribution in [3.63, 3.8) is 0 Å². The van der Waals surface area contributed by atoms with E-state index in [4.69, 9.17) is 0 Å². The van der Waals surface area contributed by atoms with E-state index in [-0.39, 0.29) is 0 Å². The summed E-state index contributed by atoms with van der Waals surface area (Å²) in [5, 5.41) is 3.50. The van der Waals surface area contributed by atoms with Gasteiger partial charge in [-0.3, -0.25) is 4.98 Å². The predicted molar refractivity (Wildman–Crippen MR) is 68.5 cm³/mol. The van der Waals surface area contributed by atoms with E-state index >= 15 is 0 Å². The molecule has 0 atom stereocenters. The fourth-order valence-electron chi connectivity index (χ4n) is 2.11. The van der Waals surface area contributed by atoms with Gasteiger partial charge in [-0.05, 0) is 25.0 Å². The standard InChI is InChI=1S/C14H15N3/c1-2-6-11(5-1)15-9-12-10-16-13-7-3-4-8-14(13)17-12/h1-4,7-8,10-11,15H,5-6,9H2. The maximum atomic E-state index is 4.59. The molecule has 0 radical (unpaired) electrons. The second-order valence-electron chi connectivity index (χ2n) is 4.37. The molecule has 0 amide bonds. The van der Waals surface area contributed by atoms with Crippen LogP contribution in [0.3, 0.4) is 0 Å². The van der Waals surface area contributed by atoms with Crippen LogP contribution in [0.15, 0.2) is 42.6 Å². The summed E-state index contributed by atoms with van der Waals surface area (Å²) in [7, 11) is 0. The summed E-state index contributed by atoms with van der Waals surface area (Å²) in [5.74, 6) is 0. The van der Waals surface area contributed by atoms with Crippen LogP contribution in [0.4, 0.5) is 0 Å². The highest BCUT2D eigenvalue weighted by Gasteiger charge is 2.09. The molecule has 1 aromatic heterocycles. The Hall–Kier alpha value is -1.74. The summed E-state index contributed by atoms with van der Waals surface area (Å²) < 4.78 is 0. The van der Waals surface area contributed by atoms with Crippen LogP contribution < -0.4 is 5.32 Å². The van der Waals surface area contributed by atoms with Gasteiger partial charge in [-0.1, -0.05) is 24.3 Å². The quantitative estimate of drug-likeness (QED) is 0.815. The van der Waals surface area contributed by atoms with Gasteiger partial charge in [-0.15, -0.1) is 0 Å².